The molecule has 3 aromatic rings. The Hall–Kier alpha value is -3.28. The third-order valence-electron chi connectivity index (χ3n) is 5.00. The summed E-state index contributed by atoms with van der Waals surface area (Å²) < 4.78 is 7.91. The lowest BCUT2D eigenvalue weighted by molar-refractivity contribution is -0.0629. The molecule has 26 heavy (non-hydrogen) atoms. The van der Waals surface area contributed by atoms with Gasteiger partial charge in [-0.25, -0.2) is 0 Å². The van der Waals surface area contributed by atoms with Crippen LogP contribution in [0.4, 0.5) is 0 Å². The number of rotatable bonds is 1. The normalized spacial score (nSPS) is 20.7. The Morgan fingerprint density at radius 1 is 1.12 bits per heavy atom. The van der Waals surface area contributed by atoms with Crippen LogP contribution >= 0.6 is 0 Å². The van der Waals surface area contributed by atoms with Gasteiger partial charge in [0.15, 0.2) is 0 Å². The van der Waals surface area contributed by atoms with Gasteiger partial charge in [-0.05, 0) is 38.1 Å². The standard InChI is InChI=1S/C21H17N3O2/c1-21(2)20(25)19(16-9-13(10-22)7-8-18(16)26-21)24-12-14(11-23)15-5-3-4-6-17(15)24/h3-9,12,19-20,25H,1-2H3/t19-,20+/m0/s1. The fourth-order valence-electron chi connectivity index (χ4n) is 3.66. The summed E-state index contributed by atoms with van der Waals surface area (Å²) in [5.41, 5.74) is 1.83. The number of fused-ring (bicyclic) bond motifs is 2. The van der Waals surface area contributed by atoms with Crippen LogP contribution in [0.3, 0.4) is 0 Å². The summed E-state index contributed by atoms with van der Waals surface area (Å²) in [6, 6.07) is 16.7. The number of ether oxygens (including phenoxy) is 1. The monoisotopic (exact) mass is 343 g/mol. The Labute approximate surface area is 151 Å². The van der Waals surface area contributed by atoms with E-state index in [1.54, 1.807) is 24.4 Å². The Morgan fingerprint density at radius 3 is 2.62 bits per heavy atom. The van der Waals surface area contributed by atoms with Crippen LogP contribution in [0.15, 0.2) is 48.7 Å². The molecule has 0 aliphatic carbocycles. The van der Waals surface area contributed by atoms with Crippen LogP contribution in [0.1, 0.15) is 36.6 Å². The zero-order chi connectivity index (χ0) is 18.5. The molecule has 0 amide bonds. The maximum Gasteiger partial charge on any atom is 0.132 e. The lowest BCUT2D eigenvalue weighted by Gasteiger charge is -2.43. The van der Waals surface area contributed by atoms with E-state index in [9.17, 15) is 15.6 Å². The van der Waals surface area contributed by atoms with Gasteiger partial charge in [0.05, 0.1) is 28.8 Å². The minimum atomic E-state index is -0.855. The van der Waals surface area contributed by atoms with Crippen molar-refractivity contribution < 1.29 is 9.84 Å². The van der Waals surface area contributed by atoms with Crippen molar-refractivity contribution in [3.63, 3.8) is 0 Å². The number of benzene rings is 2. The molecule has 0 saturated heterocycles. The van der Waals surface area contributed by atoms with Gasteiger partial charge in [-0.3, -0.25) is 0 Å². The van der Waals surface area contributed by atoms with E-state index in [4.69, 9.17) is 4.74 Å². The number of aromatic nitrogens is 1. The molecule has 0 saturated carbocycles. The maximum absolute atomic E-state index is 11.1. The number of aliphatic hydroxyl groups excluding tert-OH is 1. The predicted octanol–water partition coefficient (Wildman–Crippen LogP) is 3.51. The second kappa shape index (κ2) is 5.62. The molecule has 0 spiro atoms. The van der Waals surface area contributed by atoms with E-state index in [0.29, 0.717) is 16.9 Å². The number of nitrogens with zero attached hydrogens (tertiary/aromatic N) is 3. The molecule has 2 aromatic carbocycles. The summed E-state index contributed by atoms with van der Waals surface area (Å²) in [6.07, 6.45) is 0.911. The molecule has 5 nitrogen and oxygen atoms in total. The molecule has 2 heterocycles. The molecule has 1 N–H and O–H groups in total. The van der Waals surface area contributed by atoms with E-state index in [1.807, 2.05) is 42.7 Å². The summed E-state index contributed by atoms with van der Waals surface area (Å²) in [6.45, 7) is 3.67. The quantitative estimate of drug-likeness (QED) is 0.733. The summed E-state index contributed by atoms with van der Waals surface area (Å²) >= 11 is 0. The molecular formula is C21H17N3O2. The van der Waals surface area contributed by atoms with Crippen LogP contribution in [0.25, 0.3) is 10.9 Å². The SMILES string of the molecule is CC1(C)Oc2ccc(C#N)cc2[C@H](n2cc(C#N)c3ccccc32)[C@H]1O. The van der Waals surface area contributed by atoms with E-state index in [1.165, 1.54) is 0 Å². The largest absolute Gasteiger partial charge is 0.485 e. The van der Waals surface area contributed by atoms with Crippen molar-refractivity contribution in [3.8, 4) is 17.9 Å². The highest BCUT2D eigenvalue weighted by molar-refractivity contribution is 5.86. The van der Waals surface area contributed by atoms with Gasteiger partial charge in [0.2, 0.25) is 0 Å². The highest BCUT2D eigenvalue weighted by Gasteiger charge is 2.44. The van der Waals surface area contributed by atoms with Crippen LogP contribution in [0, 0.1) is 22.7 Å². The first-order chi connectivity index (χ1) is 12.5. The average Bonchev–Trinajstić information content (AvgIpc) is 3.01. The van der Waals surface area contributed by atoms with Crippen LogP contribution in [0.2, 0.25) is 0 Å². The summed E-state index contributed by atoms with van der Waals surface area (Å²) in [7, 11) is 0. The van der Waals surface area contributed by atoms with E-state index >= 15 is 0 Å². The molecule has 1 aliphatic rings. The molecule has 0 unspecified atom stereocenters. The van der Waals surface area contributed by atoms with Crippen LogP contribution in [-0.2, 0) is 0 Å². The Kier molecular flexibility index (Phi) is 3.50. The molecule has 1 aromatic heterocycles. The molecular weight excluding hydrogens is 326 g/mol. The average molecular weight is 343 g/mol. The van der Waals surface area contributed by atoms with Crippen molar-refractivity contribution in [1.82, 2.24) is 4.57 Å². The third-order valence-corrected chi connectivity index (χ3v) is 5.00. The van der Waals surface area contributed by atoms with Gasteiger partial charge in [0.1, 0.15) is 23.5 Å². The Bertz CT molecular complexity index is 1100. The lowest BCUT2D eigenvalue weighted by Crippen LogP contribution is -2.50. The molecule has 0 radical (unpaired) electrons. The maximum atomic E-state index is 11.1. The van der Waals surface area contributed by atoms with Gasteiger partial charge < -0.3 is 14.4 Å². The van der Waals surface area contributed by atoms with Crippen molar-refractivity contribution in [2.45, 2.75) is 31.6 Å². The van der Waals surface area contributed by atoms with Crippen molar-refractivity contribution in [3.05, 3.63) is 65.4 Å². The van der Waals surface area contributed by atoms with E-state index in [2.05, 4.69) is 12.1 Å². The zero-order valence-electron chi connectivity index (χ0n) is 14.5. The topological polar surface area (TPSA) is 82.0 Å². The third kappa shape index (κ3) is 2.26. The highest BCUT2D eigenvalue weighted by atomic mass is 16.5. The Balaban J connectivity index is 2.02. The fraction of sp³-hybridized carbons (Fsp3) is 0.238. The Morgan fingerprint density at radius 2 is 1.88 bits per heavy atom. The summed E-state index contributed by atoms with van der Waals surface area (Å²) in [4.78, 5) is 0. The van der Waals surface area contributed by atoms with Gasteiger partial charge in [-0.1, -0.05) is 18.2 Å². The van der Waals surface area contributed by atoms with Gasteiger partial charge in [-0.2, -0.15) is 10.5 Å². The summed E-state index contributed by atoms with van der Waals surface area (Å²) in [5.74, 6) is 0.639. The van der Waals surface area contributed by atoms with Gasteiger partial charge in [0, 0.05) is 17.1 Å². The van der Waals surface area contributed by atoms with E-state index < -0.39 is 17.7 Å². The van der Waals surface area contributed by atoms with E-state index in [0.717, 1.165) is 16.5 Å². The molecule has 0 fully saturated rings. The second-order valence-corrected chi connectivity index (χ2v) is 7.04. The first-order valence-corrected chi connectivity index (χ1v) is 8.37. The van der Waals surface area contributed by atoms with Crippen LogP contribution < -0.4 is 4.74 Å². The number of nitriles is 2. The number of hydrogen-bond acceptors (Lipinski definition) is 4. The van der Waals surface area contributed by atoms with Crippen LogP contribution in [0.5, 0.6) is 5.75 Å². The molecule has 4 rings (SSSR count). The van der Waals surface area contributed by atoms with Gasteiger partial charge in [-0.15, -0.1) is 0 Å². The van der Waals surface area contributed by atoms with Crippen molar-refractivity contribution in [1.29, 1.82) is 10.5 Å². The smallest absolute Gasteiger partial charge is 0.132 e. The van der Waals surface area contributed by atoms with Crippen molar-refractivity contribution in [2.75, 3.05) is 0 Å². The molecule has 0 bridgehead atoms. The van der Waals surface area contributed by atoms with E-state index in [-0.39, 0.29) is 0 Å². The fourth-order valence-corrected chi connectivity index (χ4v) is 3.66. The second-order valence-electron chi connectivity index (χ2n) is 7.04. The summed E-state index contributed by atoms with van der Waals surface area (Å²) in [5, 5.41) is 30.7. The number of aliphatic hydroxyl groups is 1. The van der Waals surface area contributed by atoms with Crippen molar-refractivity contribution in [2.24, 2.45) is 0 Å². The van der Waals surface area contributed by atoms with Crippen molar-refractivity contribution >= 4 is 10.9 Å². The highest BCUT2D eigenvalue weighted by Crippen LogP contribution is 2.43. The number of para-hydroxylation sites is 1. The molecule has 128 valence electrons. The first-order valence-electron chi connectivity index (χ1n) is 8.37. The zero-order valence-corrected chi connectivity index (χ0v) is 14.5. The van der Waals surface area contributed by atoms with Gasteiger partial charge in [0.25, 0.3) is 0 Å². The first kappa shape index (κ1) is 16.2. The molecule has 2 atom stereocenters. The lowest BCUT2D eigenvalue weighted by atomic mass is 9.85. The predicted molar refractivity (Wildman–Crippen MR) is 96.7 cm³/mol. The van der Waals surface area contributed by atoms with Crippen LogP contribution in [-0.4, -0.2) is 21.4 Å². The minimum absolute atomic E-state index is 0.464. The molecule has 1 aliphatic heterocycles. The minimum Gasteiger partial charge on any atom is -0.485 e. The number of hydrogen-bond donors (Lipinski definition) is 1. The van der Waals surface area contributed by atoms with Gasteiger partial charge >= 0.3 is 0 Å². The molecule has 5 heteroatoms.